The van der Waals surface area contributed by atoms with Crippen molar-refractivity contribution in [2.45, 2.75) is 6.18 Å². The third-order valence-corrected chi connectivity index (χ3v) is 1.47. The Labute approximate surface area is 75.7 Å². The first-order valence-electron chi connectivity index (χ1n) is 3.35. The zero-order valence-corrected chi connectivity index (χ0v) is 6.54. The van der Waals surface area contributed by atoms with Crippen LogP contribution in [0.4, 0.5) is 18.9 Å². The molecule has 1 aromatic carbocycles. The minimum Gasteiger partial charge on any atom is -0.872 e. The van der Waals surface area contributed by atoms with Crippen LogP contribution in [0.3, 0.4) is 0 Å². The number of nitro groups is 1. The second-order valence-electron chi connectivity index (χ2n) is 2.43. The third kappa shape index (κ3) is 1.93. The lowest BCUT2D eigenvalue weighted by molar-refractivity contribution is -0.388. The lowest BCUT2D eigenvalue weighted by Gasteiger charge is -2.11. The van der Waals surface area contributed by atoms with Crippen LogP contribution in [-0.2, 0) is 6.18 Å². The summed E-state index contributed by atoms with van der Waals surface area (Å²) in [7, 11) is 0. The molecule has 1 rings (SSSR count). The summed E-state index contributed by atoms with van der Waals surface area (Å²) in [6, 6.07) is 1.47. The van der Waals surface area contributed by atoms with E-state index in [1.807, 2.05) is 0 Å². The van der Waals surface area contributed by atoms with E-state index in [0.717, 1.165) is 0 Å². The lowest BCUT2D eigenvalue weighted by atomic mass is 10.1. The molecule has 76 valence electrons. The molecule has 0 saturated heterocycles. The molecule has 0 heterocycles. The van der Waals surface area contributed by atoms with Crippen LogP contribution in [0.2, 0.25) is 0 Å². The van der Waals surface area contributed by atoms with Gasteiger partial charge in [-0.3, -0.25) is 10.1 Å². The highest BCUT2D eigenvalue weighted by Gasteiger charge is 2.37. The summed E-state index contributed by atoms with van der Waals surface area (Å²) >= 11 is 0. The van der Waals surface area contributed by atoms with Crippen LogP contribution in [0.15, 0.2) is 18.2 Å². The maximum atomic E-state index is 12.1. The number of alkyl halides is 3. The van der Waals surface area contributed by atoms with Crippen LogP contribution >= 0.6 is 0 Å². The fraction of sp³-hybridized carbons (Fsp3) is 0.143. The molecule has 0 radical (unpaired) electrons. The van der Waals surface area contributed by atoms with Gasteiger partial charge in [0.15, 0.2) is 0 Å². The van der Waals surface area contributed by atoms with E-state index in [9.17, 15) is 28.4 Å². The van der Waals surface area contributed by atoms with Crippen molar-refractivity contribution in [3.8, 4) is 5.75 Å². The Morgan fingerprint density at radius 1 is 1.29 bits per heavy atom. The van der Waals surface area contributed by atoms with Crippen molar-refractivity contribution in [3.05, 3.63) is 33.9 Å². The number of benzene rings is 1. The summed E-state index contributed by atoms with van der Waals surface area (Å²) in [6.45, 7) is 0. The van der Waals surface area contributed by atoms with Gasteiger partial charge in [0.25, 0.3) is 5.69 Å². The number of hydrogen-bond acceptors (Lipinski definition) is 3. The van der Waals surface area contributed by atoms with Crippen LogP contribution < -0.4 is 5.11 Å². The molecule has 0 unspecified atom stereocenters. The number of nitrogens with zero attached hydrogens (tertiary/aromatic N) is 1. The third-order valence-electron chi connectivity index (χ3n) is 1.47. The highest BCUT2D eigenvalue weighted by atomic mass is 19.4. The van der Waals surface area contributed by atoms with Gasteiger partial charge in [0.05, 0.1) is 4.92 Å². The monoisotopic (exact) mass is 206 g/mol. The van der Waals surface area contributed by atoms with Gasteiger partial charge >= 0.3 is 6.18 Å². The molecular formula is C7H3F3NO3-. The van der Waals surface area contributed by atoms with Crippen molar-refractivity contribution in [3.63, 3.8) is 0 Å². The maximum absolute atomic E-state index is 12.1. The van der Waals surface area contributed by atoms with E-state index < -0.39 is 28.1 Å². The van der Waals surface area contributed by atoms with Crippen LogP contribution in [-0.4, -0.2) is 4.92 Å². The smallest absolute Gasteiger partial charge is 0.422 e. The number of hydrogen-bond donors (Lipinski definition) is 0. The van der Waals surface area contributed by atoms with Crippen molar-refractivity contribution in [1.82, 2.24) is 0 Å². The number of nitro benzene ring substituents is 1. The van der Waals surface area contributed by atoms with E-state index >= 15 is 0 Å². The molecule has 0 bridgehead atoms. The van der Waals surface area contributed by atoms with Gasteiger partial charge in [0.2, 0.25) is 0 Å². The summed E-state index contributed by atoms with van der Waals surface area (Å²) in [6.07, 6.45) is -4.89. The molecule has 0 aliphatic heterocycles. The molecule has 0 fully saturated rings. The van der Waals surface area contributed by atoms with Crippen LogP contribution in [0, 0.1) is 10.1 Å². The predicted octanol–water partition coefficient (Wildman–Crippen LogP) is 1.69. The number of rotatable bonds is 1. The second-order valence-corrected chi connectivity index (χ2v) is 2.43. The Kier molecular flexibility index (Phi) is 2.33. The molecule has 1 aromatic rings. The molecule has 7 heteroatoms. The van der Waals surface area contributed by atoms with Crippen molar-refractivity contribution >= 4 is 5.69 Å². The zero-order valence-electron chi connectivity index (χ0n) is 6.54. The quantitative estimate of drug-likeness (QED) is 0.518. The molecular weight excluding hydrogens is 203 g/mol. The average molecular weight is 206 g/mol. The van der Waals surface area contributed by atoms with Gasteiger partial charge in [-0.1, -0.05) is 12.1 Å². The van der Waals surface area contributed by atoms with E-state index in [1.54, 1.807) is 0 Å². The highest BCUT2D eigenvalue weighted by Crippen LogP contribution is 2.37. The van der Waals surface area contributed by atoms with Crippen LogP contribution in [0.25, 0.3) is 0 Å². The number of halogens is 3. The first kappa shape index (κ1) is 10.3. The van der Waals surface area contributed by atoms with Gasteiger partial charge in [-0.2, -0.15) is 13.2 Å². The SMILES string of the molecule is O=[N+]([O-])c1ccc([O-])cc1C(F)(F)F. The van der Waals surface area contributed by atoms with Crippen molar-refractivity contribution in [1.29, 1.82) is 0 Å². The molecule has 0 aromatic heterocycles. The van der Waals surface area contributed by atoms with Crippen LogP contribution in [0.1, 0.15) is 5.56 Å². The maximum Gasteiger partial charge on any atom is 0.422 e. The Hall–Kier alpha value is -1.79. The topological polar surface area (TPSA) is 66.2 Å². The normalized spacial score (nSPS) is 11.4. The van der Waals surface area contributed by atoms with Crippen LogP contribution in [0.5, 0.6) is 5.75 Å². The van der Waals surface area contributed by atoms with E-state index in [1.165, 1.54) is 0 Å². The first-order chi connectivity index (χ1) is 6.32. The van der Waals surface area contributed by atoms with E-state index in [4.69, 9.17) is 0 Å². The molecule has 4 nitrogen and oxygen atoms in total. The Balaban J connectivity index is 3.38. The summed E-state index contributed by atoms with van der Waals surface area (Å²) in [5, 5.41) is 20.8. The van der Waals surface area contributed by atoms with E-state index in [2.05, 4.69) is 0 Å². The average Bonchev–Trinajstić information content (AvgIpc) is 2.01. The molecule has 0 spiro atoms. The predicted molar refractivity (Wildman–Crippen MR) is 37.5 cm³/mol. The largest absolute Gasteiger partial charge is 0.872 e. The molecule has 0 saturated carbocycles. The van der Waals surface area contributed by atoms with Crippen molar-refractivity contribution < 1.29 is 23.2 Å². The fourth-order valence-electron chi connectivity index (χ4n) is 0.901. The summed E-state index contributed by atoms with van der Waals surface area (Å²) < 4.78 is 36.4. The fourth-order valence-corrected chi connectivity index (χ4v) is 0.901. The van der Waals surface area contributed by atoms with Gasteiger partial charge < -0.3 is 5.11 Å². The molecule has 0 N–H and O–H groups in total. The summed E-state index contributed by atoms with van der Waals surface area (Å²) in [5.74, 6) is -0.914. The molecule has 0 aliphatic rings. The Morgan fingerprint density at radius 3 is 2.29 bits per heavy atom. The van der Waals surface area contributed by atoms with Crippen molar-refractivity contribution in [2.75, 3.05) is 0 Å². The van der Waals surface area contributed by atoms with Crippen molar-refractivity contribution in [2.24, 2.45) is 0 Å². The zero-order chi connectivity index (χ0) is 10.9. The first-order valence-corrected chi connectivity index (χ1v) is 3.35. The van der Waals surface area contributed by atoms with Gasteiger partial charge in [-0.15, -0.1) is 5.75 Å². The van der Waals surface area contributed by atoms with Gasteiger partial charge in [0, 0.05) is 6.07 Å². The summed E-state index contributed by atoms with van der Waals surface area (Å²) in [5.41, 5.74) is -2.63. The minimum absolute atomic E-state index is 0.206. The Morgan fingerprint density at radius 2 is 1.86 bits per heavy atom. The standard InChI is InChI=1S/C7H4F3NO3/c8-7(9,10)5-3-4(12)1-2-6(5)11(13)14/h1-3,12H/p-1. The van der Waals surface area contributed by atoms with E-state index in [0.29, 0.717) is 12.1 Å². The highest BCUT2D eigenvalue weighted by molar-refractivity contribution is 5.46. The lowest BCUT2D eigenvalue weighted by Crippen LogP contribution is -2.09. The minimum atomic E-state index is -4.89. The second kappa shape index (κ2) is 3.17. The molecule has 0 atom stereocenters. The van der Waals surface area contributed by atoms with Gasteiger partial charge in [0.1, 0.15) is 5.56 Å². The van der Waals surface area contributed by atoms with Gasteiger partial charge in [-0.25, -0.2) is 0 Å². The molecule has 0 amide bonds. The molecule has 14 heavy (non-hydrogen) atoms. The Bertz CT molecular complexity index is 375. The summed E-state index contributed by atoms with van der Waals surface area (Å²) in [4.78, 5) is 9.00. The van der Waals surface area contributed by atoms with E-state index in [-0.39, 0.29) is 6.07 Å². The molecule has 0 aliphatic carbocycles. The van der Waals surface area contributed by atoms with Gasteiger partial charge in [-0.05, 0) is 0 Å².